The minimum atomic E-state index is 0.0993. The Labute approximate surface area is 58.0 Å². The van der Waals surface area contributed by atoms with E-state index in [1.165, 1.54) is 0 Å². The highest BCUT2D eigenvalue weighted by molar-refractivity contribution is 9.09. The molecule has 0 fully saturated rings. The van der Waals surface area contributed by atoms with Crippen LogP contribution in [0.3, 0.4) is 0 Å². The molecule has 0 aliphatic carbocycles. The fourth-order valence-electron chi connectivity index (χ4n) is 0.298. The monoisotopic (exact) mass is 182 g/mol. The summed E-state index contributed by atoms with van der Waals surface area (Å²) in [4.78, 5) is 0. The van der Waals surface area contributed by atoms with Crippen LogP contribution in [0.25, 0.3) is 0 Å². The average Bonchev–Trinajstić information content (AvgIpc) is 1.83. The van der Waals surface area contributed by atoms with Gasteiger partial charge >= 0.3 is 0 Å². The van der Waals surface area contributed by atoms with E-state index in [1.807, 2.05) is 6.92 Å². The van der Waals surface area contributed by atoms with Gasteiger partial charge in [0.25, 0.3) is 0 Å². The summed E-state index contributed by atoms with van der Waals surface area (Å²) in [6.07, 6.45) is 0.931. The zero-order valence-electron chi connectivity index (χ0n) is 4.93. The summed E-state index contributed by atoms with van der Waals surface area (Å²) in [5.41, 5.74) is 0. The predicted octanol–water partition coefficient (Wildman–Crippen LogP) is 1.13. The number of aliphatic hydroxyl groups is 1. The maximum atomic E-state index is 8.26. The Morgan fingerprint density at radius 3 is 2.75 bits per heavy atom. The van der Waals surface area contributed by atoms with Crippen molar-refractivity contribution < 1.29 is 9.84 Å². The number of alkyl halides is 1. The first-order valence-corrected chi connectivity index (χ1v) is 3.59. The molecular weight excluding hydrogens is 172 g/mol. The Morgan fingerprint density at radius 1 is 1.75 bits per heavy atom. The summed E-state index contributed by atoms with van der Waals surface area (Å²) < 4.78 is 5.01. The second-order valence-electron chi connectivity index (χ2n) is 1.41. The lowest BCUT2D eigenvalue weighted by Gasteiger charge is -2.05. The molecule has 0 rings (SSSR count). The molecule has 0 aromatic carbocycles. The van der Waals surface area contributed by atoms with Gasteiger partial charge < -0.3 is 9.84 Å². The molecule has 0 aliphatic heterocycles. The fraction of sp³-hybridized carbons (Fsp3) is 1.00. The molecule has 0 aromatic heterocycles. The van der Waals surface area contributed by atoms with Gasteiger partial charge in [0, 0.05) is 0 Å². The highest BCUT2D eigenvalue weighted by Gasteiger charge is 1.96. The summed E-state index contributed by atoms with van der Waals surface area (Å²) in [7, 11) is 0. The summed E-state index contributed by atoms with van der Waals surface area (Å²) in [5.74, 6) is 0. The zero-order chi connectivity index (χ0) is 6.41. The van der Waals surface area contributed by atoms with Crippen LogP contribution in [-0.4, -0.2) is 23.3 Å². The van der Waals surface area contributed by atoms with E-state index in [-0.39, 0.29) is 11.6 Å². The molecule has 1 unspecified atom stereocenters. The normalized spacial score (nSPS) is 13.9. The highest BCUT2D eigenvalue weighted by Crippen LogP contribution is 2.04. The molecule has 0 aliphatic rings. The van der Waals surface area contributed by atoms with E-state index in [0.29, 0.717) is 6.61 Å². The van der Waals surface area contributed by atoms with Gasteiger partial charge in [-0.05, 0) is 6.42 Å². The molecule has 0 aromatic rings. The Hall–Kier alpha value is 0.400. The molecule has 0 heterocycles. The van der Waals surface area contributed by atoms with Crippen molar-refractivity contribution in [3.05, 3.63) is 0 Å². The Balaban J connectivity index is 2.86. The van der Waals surface area contributed by atoms with Gasteiger partial charge in [-0.3, -0.25) is 0 Å². The van der Waals surface area contributed by atoms with Crippen LogP contribution in [-0.2, 0) is 4.74 Å². The lowest BCUT2D eigenvalue weighted by molar-refractivity contribution is 0.0777. The maximum absolute atomic E-state index is 8.26. The Bertz CT molecular complexity index is 49.7. The van der Waals surface area contributed by atoms with Gasteiger partial charge in [0.05, 0.1) is 13.2 Å². The van der Waals surface area contributed by atoms with Crippen molar-refractivity contribution in [1.82, 2.24) is 0 Å². The first kappa shape index (κ1) is 8.40. The van der Waals surface area contributed by atoms with Crippen molar-refractivity contribution in [3.8, 4) is 0 Å². The molecule has 0 radical (unpaired) electrons. The zero-order valence-corrected chi connectivity index (χ0v) is 6.52. The van der Waals surface area contributed by atoms with Crippen molar-refractivity contribution in [2.75, 3.05) is 13.2 Å². The van der Waals surface area contributed by atoms with E-state index in [9.17, 15) is 0 Å². The molecule has 1 N–H and O–H groups in total. The summed E-state index contributed by atoms with van der Waals surface area (Å²) in [5, 5.41) is 8.37. The topological polar surface area (TPSA) is 29.5 Å². The molecule has 0 saturated heterocycles. The van der Waals surface area contributed by atoms with Crippen LogP contribution in [0, 0.1) is 0 Å². The van der Waals surface area contributed by atoms with E-state index < -0.39 is 0 Å². The number of ether oxygens (including phenoxy) is 1. The second-order valence-corrected chi connectivity index (χ2v) is 2.43. The Morgan fingerprint density at radius 2 is 2.38 bits per heavy atom. The third kappa shape index (κ3) is 4.56. The Kier molecular flexibility index (Phi) is 5.81. The summed E-state index contributed by atoms with van der Waals surface area (Å²) in [6, 6.07) is 0. The first-order chi connectivity index (χ1) is 3.81. The molecule has 0 spiro atoms. The predicted molar refractivity (Wildman–Crippen MR) is 36.0 cm³/mol. The molecule has 8 heavy (non-hydrogen) atoms. The van der Waals surface area contributed by atoms with Crippen LogP contribution in [0.4, 0.5) is 0 Å². The van der Waals surface area contributed by atoms with Gasteiger partial charge in [-0.1, -0.05) is 22.9 Å². The standard InChI is InChI=1S/C5H11BrO2/c1-2-5(6)8-4-3-7/h5,7H,2-4H2,1H3. The number of aliphatic hydroxyl groups excluding tert-OH is 1. The SMILES string of the molecule is CCC(Br)OCCO. The number of hydrogen-bond donors (Lipinski definition) is 1. The van der Waals surface area contributed by atoms with Gasteiger partial charge in [0.1, 0.15) is 5.01 Å². The van der Waals surface area contributed by atoms with E-state index in [2.05, 4.69) is 15.9 Å². The largest absolute Gasteiger partial charge is 0.394 e. The molecule has 1 atom stereocenters. The third-order valence-corrected chi connectivity index (χ3v) is 1.62. The van der Waals surface area contributed by atoms with Gasteiger partial charge in [0.2, 0.25) is 0 Å². The lowest BCUT2D eigenvalue weighted by atomic mass is 10.5. The quantitative estimate of drug-likeness (QED) is 0.662. The van der Waals surface area contributed by atoms with Crippen LogP contribution in [0.2, 0.25) is 0 Å². The summed E-state index contributed by atoms with van der Waals surface area (Å²) in [6.45, 7) is 2.53. The summed E-state index contributed by atoms with van der Waals surface area (Å²) >= 11 is 3.24. The smallest absolute Gasteiger partial charge is 0.112 e. The van der Waals surface area contributed by atoms with Crippen molar-refractivity contribution in [2.24, 2.45) is 0 Å². The maximum Gasteiger partial charge on any atom is 0.112 e. The first-order valence-electron chi connectivity index (χ1n) is 2.67. The van der Waals surface area contributed by atoms with E-state index in [1.54, 1.807) is 0 Å². The lowest BCUT2D eigenvalue weighted by Crippen LogP contribution is -2.06. The van der Waals surface area contributed by atoms with Crippen LogP contribution in [0.1, 0.15) is 13.3 Å². The number of rotatable bonds is 4. The second kappa shape index (κ2) is 5.54. The molecule has 2 nitrogen and oxygen atoms in total. The molecule has 0 bridgehead atoms. The molecular formula is C5H11BrO2. The van der Waals surface area contributed by atoms with Crippen molar-refractivity contribution in [3.63, 3.8) is 0 Å². The average molecular weight is 183 g/mol. The van der Waals surface area contributed by atoms with Gasteiger partial charge in [0.15, 0.2) is 0 Å². The van der Waals surface area contributed by atoms with Gasteiger partial charge in [-0.2, -0.15) is 0 Å². The van der Waals surface area contributed by atoms with Crippen molar-refractivity contribution in [1.29, 1.82) is 0 Å². The number of hydrogen-bond acceptors (Lipinski definition) is 2. The van der Waals surface area contributed by atoms with Crippen LogP contribution < -0.4 is 0 Å². The fourth-order valence-corrected chi connectivity index (χ4v) is 0.485. The van der Waals surface area contributed by atoms with Crippen LogP contribution in [0.5, 0.6) is 0 Å². The van der Waals surface area contributed by atoms with Gasteiger partial charge in [-0.25, -0.2) is 0 Å². The van der Waals surface area contributed by atoms with Crippen LogP contribution in [0.15, 0.2) is 0 Å². The highest BCUT2D eigenvalue weighted by atomic mass is 79.9. The van der Waals surface area contributed by atoms with Crippen LogP contribution >= 0.6 is 15.9 Å². The van der Waals surface area contributed by atoms with E-state index >= 15 is 0 Å². The molecule has 0 amide bonds. The van der Waals surface area contributed by atoms with Crippen molar-refractivity contribution in [2.45, 2.75) is 18.4 Å². The van der Waals surface area contributed by atoms with E-state index in [0.717, 1.165) is 6.42 Å². The minimum absolute atomic E-state index is 0.0993. The number of halogens is 1. The minimum Gasteiger partial charge on any atom is -0.394 e. The third-order valence-electron chi connectivity index (χ3n) is 0.711. The molecule has 0 saturated carbocycles. The molecule has 3 heteroatoms. The van der Waals surface area contributed by atoms with E-state index in [4.69, 9.17) is 9.84 Å². The van der Waals surface area contributed by atoms with Crippen molar-refractivity contribution >= 4 is 15.9 Å². The molecule has 50 valence electrons. The van der Waals surface area contributed by atoms with Gasteiger partial charge in [-0.15, -0.1) is 0 Å².